The zero-order chi connectivity index (χ0) is 13.4. The van der Waals surface area contributed by atoms with Gasteiger partial charge in [-0.15, -0.1) is 0 Å². The molecule has 2 aromatic heterocycles. The lowest BCUT2D eigenvalue weighted by Gasteiger charge is -2.07. The van der Waals surface area contributed by atoms with Crippen LogP contribution < -0.4 is 0 Å². The first-order chi connectivity index (χ1) is 9.93. The summed E-state index contributed by atoms with van der Waals surface area (Å²) in [5, 5.41) is 1.21. The SMILES string of the molecule is c1ccc(-c2cc3ccccc3n2-c2ncc[nH]2)cc1. The zero-order valence-electron chi connectivity index (χ0n) is 10.8. The Kier molecular flexibility index (Phi) is 2.42. The Hall–Kier alpha value is -2.81. The van der Waals surface area contributed by atoms with Crippen molar-refractivity contribution in [3.63, 3.8) is 0 Å². The van der Waals surface area contributed by atoms with Gasteiger partial charge in [-0.05, 0) is 17.7 Å². The Morgan fingerprint density at radius 1 is 0.900 bits per heavy atom. The fraction of sp³-hybridized carbons (Fsp3) is 0. The molecule has 0 amide bonds. The molecule has 0 saturated carbocycles. The number of H-pyrrole nitrogens is 1. The third-order valence-electron chi connectivity index (χ3n) is 3.48. The summed E-state index contributed by atoms with van der Waals surface area (Å²) in [6.07, 6.45) is 3.62. The molecule has 0 spiro atoms. The van der Waals surface area contributed by atoms with Crippen LogP contribution >= 0.6 is 0 Å². The van der Waals surface area contributed by atoms with Crippen LogP contribution in [-0.4, -0.2) is 14.5 Å². The van der Waals surface area contributed by atoms with Gasteiger partial charge in [0.2, 0.25) is 5.95 Å². The van der Waals surface area contributed by atoms with Gasteiger partial charge in [-0.1, -0.05) is 48.5 Å². The van der Waals surface area contributed by atoms with Crippen LogP contribution in [0.3, 0.4) is 0 Å². The number of imidazole rings is 1. The fourth-order valence-electron chi connectivity index (χ4n) is 2.58. The summed E-state index contributed by atoms with van der Waals surface area (Å²) < 4.78 is 2.16. The van der Waals surface area contributed by atoms with Crippen LogP contribution in [0.25, 0.3) is 28.1 Å². The molecule has 0 bridgehead atoms. The first-order valence-corrected chi connectivity index (χ1v) is 6.59. The summed E-state index contributed by atoms with van der Waals surface area (Å²) in [7, 11) is 0. The third kappa shape index (κ3) is 1.64. The monoisotopic (exact) mass is 259 g/mol. The molecule has 1 N–H and O–H groups in total. The van der Waals surface area contributed by atoms with E-state index < -0.39 is 0 Å². The van der Waals surface area contributed by atoms with Gasteiger partial charge in [-0.3, -0.25) is 4.57 Å². The van der Waals surface area contributed by atoms with Gasteiger partial charge in [0.05, 0.1) is 11.2 Å². The van der Waals surface area contributed by atoms with Gasteiger partial charge in [-0.25, -0.2) is 4.98 Å². The molecule has 0 saturated heterocycles. The molecule has 0 fully saturated rings. The molecule has 2 heterocycles. The van der Waals surface area contributed by atoms with Crippen LogP contribution in [0.4, 0.5) is 0 Å². The van der Waals surface area contributed by atoms with E-state index in [1.807, 2.05) is 12.3 Å². The molecule has 0 aliphatic rings. The second-order valence-electron chi connectivity index (χ2n) is 4.70. The van der Waals surface area contributed by atoms with Crippen LogP contribution in [0.2, 0.25) is 0 Å². The van der Waals surface area contributed by atoms with Gasteiger partial charge < -0.3 is 4.98 Å². The van der Waals surface area contributed by atoms with Crippen molar-refractivity contribution in [2.45, 2.75) is 0 Å². The number of nitrogens with zero attached hydrogens (tertiary/aromatic N) is 2. The van der Waals surface area contributed by atoms with Gasteiger partial charge in [0.15, 0.2) is 0 Å². The van der Waals surface area contributed by atoms with Crippen molar-refractivity contribution in [2.24, 2.45) is 0 Å². The smallest absolute Gasteiger partial charge is 0.212 e. The number of para-hydroxylation sites is 1. The fourth-order valence-corrected chi connectivity index (χ4v) is 2.58. The van der Waals surface area contributed by atoms with E-state index in [0.29, 0.717) is 0 Å². The van der Waals surface area contributed by atoms with Crippen molar-refractivity contribution in [3.8, 4) is 17.2 Å². The van der Waals surface area contributed by atoms with Crippen molar-refractivity contribution < 1.29 is 0 Å². The largest absolute Gasteiger partial charge is 0.330 e. The normalized spacial score (nSPS) is 11.0. The van der Waals surface area contributed by atoms with Crippen molar-refractivity contribution in [1.82, 2.24) is 14.5 Å². The average molecular weight is 259 g/mol. The number of hydrogen-bond donors (Lipinski definition) is 1. The number of rotatable bonds is 2. The lowest BCUT2D eigenvalue weighted by Crippen LogP contribution is -1.98. The molecule has 20 heavy (non-hydrogen) atoms. The van der Waals surface area contributed by atoms with E-state index in [1.165, 1.54) is 10.9 Å². The minimum Gasteiger partial charge on any atom is -0.330 e. The number of aromatic nitrogens is 3. The molecule has 0 aliphatic heterocycles. The first-order valence-electron chi connectivity index (χ1n) is 6.59. The van der Waals surface area contributed by atoms with Gasteiger partial charge in [-0.2, -0.15) is 0 Å². The Labute approximate surface area is 116 Å². The first kappa shape index (κ1) is 11.1. The Balaban J connectivity index is 2.08. The second kappa shape index (κ2) is 4.38. The summed E-state index contributed by atoms with van der Waals surface area (Å²) in [5.41, 5.74) is 3.48. The quantitative estimate of drug-likeness (QED) is 0.579. The molecule has 3 heteroatoms. The highest BCUT2D eigenvalue weighted by Gasteiger charge is 2.12. The molecule has 2 aromatic carbocycles. The molecular weight excluding hydrogens is 246 g/mol. The van der Waals surface area contributed by atoms with E-state index >= 15 is 0 Å². The van der Waals surface area contributed by atoms with E-state index in [0.717, 1.165) is 17.2 Å². The van der Waals surface area contributed by atoms with E-state index in [-0.39, 0.29) is 0 Å². The highest BCUT2D eigenvalue weighted by atomic mass is 15.2. The number of nitrogens with one attached hydrogen (secondary N) is 1. The molecule has 96 valence electrons. The average Bonchev–Trinajstić information content (AvgIpc) is 3.14. The lowest BCUT2D eigenvalue weighted by atomic mass is 10.1. The van der Waals surface area contributed by atoms with Crippen LogP contribution in [0.5, 0.6) is 0 Å². The predicted octanol–water partition coefficient (Wildman–Crippen LogP) is 4.02. The highest BCUT2D eigenvalue weighted by molar-refractivity contribution is 5.88. The summed E-state index contributed by atoms with van der Waals surface area (Å²) in [5.74, 6) is 0.838. The number of aromatic amines is 1. The number of benzene rings is 2. The van der Waals surface area contributed by atoms with Crippen molar-refractivity contribution >= 4 is 10.9 Å². The van der Waals surface area contributed by atoms with Gasteiger partial charge in [0.1, 0.15) is 0 Å². The zero-order valence-corrected chi connectivity index (χ0v) is 10.8. The molecule has 0 radical (unpaired) electrons. The maximum Gasteiger partial charge on any atom is 0.212 e. The van der Waals surface area contributed by atoms with Crippen LogP contribution in [0.15, 0.2) is 73.1 Å². The van der Waals surface area contributed by atoms with E-state index in [4.69, 9.17) is 0 Å². The van der Waals surface area contributed by atoms with Crippen molar-refractivity contribution in [1.29, 1.82) is 0 Å². The second-order valence-corrected chi connectivity index (χ2v) is 4.70. The molecule has 4 aromatic rings. The molecular formula is C17H13N3. The number of hydrogen-bond acceptors (Lipinski definition) is 1. The third-order valence-corrected chi connectivity index (χ3v) is 3.48. The molecule has 0 aliphatic carbocycles. The minimum atomic E-state index is 0.838. The van der Waals surface area contributed by atoms with Gasteiger partial charge >= 0.3 is 0 Å². The minimum absolute atomic E-state index is 0.838. The summed E-state index contributed by atoms with van der Waals surface area (Å²) in [6, 6.07) is 20.9. The number of fused-ring (bicyclic) bond motifs is 1. The maximum atomic E-state index is 4.40. The van der Waals surface area contributed by atoms with Crippen LogP contribution in [-0.2, 0) is 0 Å². The molecule has 3 nitrogen and oxygen atoms in total. The Morgan fingerprint density at radius 3 is 2.50 bits per heavy atom. The van der Waals surface area contributed by atoms with Crippen LogP contribution in [0.1, 0.15) is 0 Å². The predicted molar refractivity (Wildman–Crippen MR) is 80.9 cm³/mol. The standard InChI is InChI=1S/C17H13N3/c1-2-6-13(7-3-1)16-12-14-8-4-5-9-15(14)20(16)17-18-10-11-19-17/h1-12H,(H,18,19). The summed E-state index contributed by atoms with van der Waals surface area (Å²) in [4.78, 5) is 7.60. The lowest BCUT2D eigenvalue weighted by molar-refractivity contribution is 1.01. The maximum absolute atomic E-state index is 4.40. The topological polar surface area (TPSA) is 33.6 Å². The molecule has 4 rings (SSSR count). The van der Waals surface area contributed by atoms with E-state index in [9.17, 15) is 0 Å². The van der Waals surface area contributed by atoms with E-state index in [2.05, 4.69) is 69.1 Å². The summed E-state index contributed by atoms with van der Waals surface area (Å²) in [6.45, 7) is 0. The Bertz CT molecular complexity index is 842. The van der Waals surface area contributed by atoms with Gasteiger partial charge in [0, 0.05) is 17.8 Å². The molecule has 0 unspecified atom stereocenters. The van der Waals surface area contributed by atoms with Crippen molar-refractivity contribution in [3.05, 3.63) is 73.1 Å². The highest BCUT2D eigenvalue weighted by Crippen LogP contribution is 2.30. The summed E-state index contributed by atoms with van der Waals surface area (Å²) >= 11 is 0. The van der Waals surface area contributed by atoms with Crippen LogP contribution in [0, 0.1) is 0 Å². The van der Waals surface area contributed by atoms with Gasteiger partial charge in [0.25, 0.3) is 0 Å². The van der Waals surface area contributed by atoms with E-state index in [1.54, 1.807) is 6.20 Å². The molecule has 0 atom stereocenters. The van der Waals surface area contributed by atoms with Crippen molar-refractivity contribution in [2.75, 3.05) is 0 Å². The Morgan fingerprint density at radius 2 is 1.70 bits per heavy atom.